The van der Waals surface area contributed by atoms with Gasteiger partial charge in [0.05, 0.1) is 12.2 Å². The van der Waals surface area contributed by atoms with Crippen molar-refractivity contribution in [3.05, 3.63) is 59.2 Å². The molecule has 0 radical (unpaired) electrons. The zero-order valence-electron chi connectivity index (χ0n) is 13.6. The normalized spacial score (nSPS) is 26.7. The number of phenolic OH excluding ortho intramolecular Hbond substituents is 2. The molecule has 1 fully saturated rings. The highest BCUT2D eigenvalue weighted by Gasteiger charge is 2.53. The third-order valence-corrected chi connectivity index (χ3v) is 4.87. The number of rotatable bonds is 4. The second-order valence-corrected chi connectivity index (χ2v) is 6.05. The van der Waals surface area contributed by atoms with E-state index in [1.165, 1.54) is 0 Å². The van der Waals surface area contributed by atoms with Gasteiger partial charge in [-0.2, -0.15) is 0 Å². The molecule has 0 amide bonds. The topological polar surface area (TPSA) is 58.9 Å². The molecule has 0 bridgehead atoms. The third kappa shape index (κ3) is 2.58. The van der Waals surface area contributed by atoms with Gasteiger partial charge in [0.1, 0.15) is 11.5 Å². The highest BCUT2D eigenvalue weighted by atomic mass is 16.5. The number of benzene rings is 2. The molecule has 0 aliphatic heterocycles. The van der Waals surface area contributed by atoms with Crippen LogP contribution < -0.4 is 0 Å². The minimum absolute atomic E-state index is 0.0231. The van der Waals surface area contributed by atoms with Crippen molar-refractivity contribution in [3.63, 3.8) is 0 Å². The van der Waals surface area contributed by atoms with E-state index in [4.69, 9.17) is 9.47 Å². The molecule has 3 rings (SSSR count). The first kappa shape index (κ1) is 15.8. The Morgan fingerprint density at radius 1 is 0.826 bits per heavy atom. The predicted octanol–water partition coefficient (Wildman–Crippen LogP) is 3.32. The van der Waals surface area contributed by atoms with E-state index in [1.54, 1.807) is 32.4 Å². The molecule has 0 saturated heterocycles. The number of phenols is 2. The van der Waals surface area contributed by atoms with Crippen molar-refractivity contribution in [2.24, 2.45) is 0 Å². The molecular weight excluding hydrogens is 292 g/mol. The number of hydrogen-bond donors (Lipinski definition) is 2. The Hall–Kier alpha value is -2.04. The second-order valence-electron chi connectivity index (χ2n) is 6.05. The number of aryl methyl sites for hydroxylation is 1. The first-order chi connectivity index (χ1) is 11.1. The van der Waals surface area contributed by atoms with E-state index >= 15 is 0 Å². The Labute approximate surface area is 136 Å². The maximum Gasteiger partial charge on any atom is 0.119 e. The van der Waals surface area contributed by atoms with Gasteiger partial charge in [0.15, 0.2) is 0 Å². The van der Waals surface area contributed by atoms with Crippen molar-refractivity contribution in [2.75, 3.05) is 14.2 Å². The van der Waals surface area contributed by atoms with Gasteiger partial charge in [-0.05, 0) is 36.2 Å². The monoisotopic (exact) mass is 314 g/mol. The van der Waals surface area contributed by atoms with E-state index in [0.29, 0.717) is 0 Å². The zero-order valence-corrected chi connectivity index (χ0v) is 13.6. The van der Waals surface area contributed by atoms with Crippen molar-refractivity contribution in [2.45, 2.75) is 31.0 Å². The van der Waals surface area contributed by atoms with E-state index in [9.17, 15) is 10.2 Å². The summed E-state index contributed by atoms with van der Waals surface area (Å²) in [7, 11) is 3.37. The Bertz CT molecular complexity index is 648. The summed E-state index contributed by atoms with van der Waals surface area (Å²) in [5.41, 5.74) is 2.98. The van der Waals surface area contributed by atoms with Crippen molar-refractivity contribution in [1.29, 1.82) is 0 Å². The van der Waals surface area contributed by atoms with E-state index in [0.717, 1.165) is 16.7 Å². The zero-order chi connectivity index (χ0) is 16.6. The Morgan fingerprint density at radius 2 is 1.43 bits per heavy atom. The van der Waals surface area contributed by atoms with Crippen molar-refractivity contribution >= 4 is 0 Å². The number of methoxy groups -OCH3 is 2. The van der Waals surface area contributed by atoms with Crippen molar-refractivity contribution < 1.29 is 19.7 Å². The highest BCUT2D eigenvalue weighted by molar-refractivity contribution is 5.47. The Kier molecular flexibility index (Phi) is 4.28. The quantitative estimate of drug-likeness (QED) is 0.909. The first-order valence-electron chi connectivity index (χ1n) is 7.71. The van der Waals surface area contributed by atoms with E-state index in [1.807, 2.05) is 31.2 Å². The van der Waals surface area contributed by atoms with Crippen LogP contribution in [0.25, 0.3) is 0 Å². The molecule has 23 heavy (non-hydrogen) atoms. The molecule has 2 aromatic carbocycles. The average Bonchev–Trinajstić information content (AvgIpc) is 2.52. The van der Waals surface area contributed by atoms with Crippen LogP contribution in [0.5, 0.6) is 11.5 Å². The molecule has 0 heterocycles. The molecule has 2 unspecified atom stereocenters. The van der Waals surface area contributed by atoms with Gasteiger partial charge in [-0.1, -0.05) is 24.3 Å². The molecule has 2 N–H and O–H groups in total. The summed E-state index contributed by atoms with van der Waals surface area (Å²) in [5, 5.41) is 19.8. The minimum atomic E-state index is -0.0866. The van der Waals surface area contributed by atoms with E-state index < -0.39 is 0 Å². The van der Waals surface area contributed by atoms with Crippen LogP contribution in [0, 0.1) is 6.92 Å². The lowest BCUT2D eigenvalue weighted by Crippen LogP contribution is -2.53. The maximum absolute atomic E-state index is 10.3. The number of ether oxygens (including phenoxy) is 2. The lowest BCUT2D eigenvalue weighted by atomic mass is 9.62. The molecule has 122 valence electrons. The van der Waals surface area contributed by atoms with Crippen molar-refractivity contribution in [1.82, 2.24) is 0 Å². The molecular formula is C19H22O4. The number of aromatic hydroxyl groups is 2. The van der Waals surface area contributed by atoms with Crippen LogP contribution in [-0.2, 0) is 9.47 Å². The van der Waals surface area contributed by atoms with Gasteiger partial charge in [-0.15, -0.1) is 0 Å². The summed E-state index contributed by atoms with van der Waals surface area (Å²) in [6.45, 7) is 1.99. The summed E-state index contributed by atoms with van der Waals surface area (Å²) >= 11 is 0. The van der Waals surface area contributed by atoms with Gasteiger partial charge in [0.25, 0.3) is 0 Å². The third-order valence-electron chi connectivity index (χ3n) is 4.87. The first-order valence-corrected chi connectivity index (χ1v) is 7.71. The molecule has 1 aliphatic carbocycles. The summed E-state index contributed by atoms with van der Waals surface area (Å²) in [5.74, 6) is 0.562. The minimum Gasteiger partial charge on any atom is -0.508 e. The molecule has 1 aliphatic rings. The van der Waals surface area contributed by atoms with Gasteiger partial charge in [0, 0.05) is 31.6 Å². The molecule has 2 atom stereocenters. The SMILES string of the molecule is COC1C(c2ccc(O)cc2)C(OC)C1c1c(C)cccc1O. The van der Waals surface area contributed by atoms with Gasteiger partial charge in [-0.3, -0.25) is 0 Å². The van der Waals surface area contributed by atoms with Crippen LogP contribution >= 0.6 is 0 Å². The molecule has 2 aromatic rings. The van der Waals surface area contributed by atoms with Crippen LogP contribution in [-0.4, -0.2) is 36.6 Å². The predicted molar refractivity (Wildman–Crippen MR) is 88.0 cm³/mol. The molecule has 0 spiro atoms. The fourth-order valence-electron chi connectivity index (χ4n) is 3.76. The summed E-state index contributed by atoms with van der Waals surface area (Å²) < 4.78 is 11.5. The fraction of sp³-hybridized carbons (Fsp3) is 0.368. The standard InChI is InChI=1S/C19H22O4/c1-11-5-4-6-14(21)15(11)17-18(22-2)16(19(17)23-3)12-7-9-13(20)10-8-12/h4-10,16-21H,1-3H3. The summed E-state index contributed by atoms with van der Waals surface area (Å²) in [4.78, 5) is 0. The van der Waals surface area contributed by atoms with Crippen LogP contribution in [0.2, 0.25) is 0 Å². The Morgan fingerprint density at radius 3 is 1.96 bits per heavy atom. The van der Waals surface area contributed by atoms with Crippen LogP contribution in [0.1, 0.15) is 28.5 Å². The number of hydrogen-bond acceptors (Lipinski definition) is 4. The van der Waals surface area contributed by atoms with E-state index in [2.05, 4.69) is 0 Å². The lowest BCUT2D eigenvalue weighted by Gasteiger charge is -2.51. The largest absolute Gasteiger partial charge is 0.508 e. The lowest BCUT2D eigenvalue weighted by molar-refractivity contribution is -0.116. The van der Waals surface area contributed by atoms with Crippen LogP contribution in [0.4, 0.5) is 0 Å². The summed E-state index contributed by atoms with van der Waals surface area (Å²) in [6, 6.07) is 12.7. The fourth-order valence-corrected chi connectivity index (χ4v) is 3.76. The second kappa shape index (κ2) is 6.22. The highest BCUT2D eigenvalue weighted by Crippen LogP contribution is 2.53. The maximum atomic E-state index is 10.3. The smallest absolute Gasteiger partial charge is 0.119 e. The molecule has 0 aromatic heterocycles. The van der Waals surface area contributed by atoms with Crippen LogP contribution in [0.15, 0.2) is 42.5 Å². The Balaban J connectivity index is 1.99. The van der Waals surface area contributed by atoms with E-state index in [-0.39, 0.29) is 35.5 Å². The van der Waals surface area contributed by atoms with Gasteiger partial charge in [-0.25, -0.2) is 0 Å². The molecule has 4 heteroatoms. The molecule has 4 nitrogen and oxygen atoms in total. The van der Waals surface area contributed by atoms with Gasteiger partial charge < -0.3 is 19.7 Å². The van der Waals surface area contributed by atoms with Crippen molar-refractivity contribution in [3.8, 4) is 11.5 Å². The van der Waals surface area contributed by atoms with Gasteiger partial charge in [0.2, 0.25) is 0 Å². The van der Waals surface area contributed by atoms with Gasteiger partial charge >= 0.3 is 0 Å². The van der Waals surface area contributed by atoms with Crippen LogP contribution in [0.3, 0.4) is 0 Å². The summed E-state index contributed by atoms with van der Waals surface area (Å²) in [6.07, 6.45) is -0.173. The average molecular weight is 314 g/mol. The molecule has 1 saturated carbocycles.